The number of pyridine rings is 1. The van der Waals surface area contributed by atoms with Crippen LogP contribution in [0, 0.1) is 0 Å². The summed E-state index contributed by atoms with van der Waals surface area (Å²) in [6.45, 7) is 0. The van der Waals surface area contributed by atoms with Crippen molar-refractivity contribution >= 4 is 40.0 Å². The molecule has 19 heavy (non-hydrogen) atoms. The molecule has 0 unspecified atom stereocenters. The van der Waals surface area contributed by atoms with Crippen LogP contribution in [-0.4, -0.2) is 15.0 Å². The van der Waals surface area contributed by atoms with Crippen molar-refractivity contribution in [1.29, 1.82) is 0 Å². The molecule has 0 saturated heterocycles. The molecular weight excluding hydrogens is 280 g/mol. The van der Waals surface area contributed by atoms with E-state index >= 15 is 0 Å². The minimum atomic E-state index is 0.521. The molecule has 94 valence electrons. The number of rotatable bonds is 2. The molecule has 3 rings (SSSR count). The van der Waals surface area contributed by atoms with E-state index < -0.39 is 0 Å². The molecule has 0 aliphatic heterocycles. The summed E-state index contributed by atoms with van der Waals surface area (Å²) in [6, 6.07) is 9.49. The van der Waals surface area contributed by atoms with Gasteiger partial charge < -0.3 is 5.73 Å². The molecule has 0 aliphatic rings. The highest BCUT2D eigenvalue weighted by Gasteiger charge is 2.09. The Kier molecular flexibility index (Phi) is 3.23. The number of para-hydroxylation sites is 1. The van der Waals surface area contributed by atoms with E-state index in [4.69, 9.17) is 17.3 Å². The van der Waals surface area contributed by atoms with Crippen LogP contribution in [0.4, 0.5) is 5.69 Å². The third kappa shape index (κ3) is 2.47. The Morgan fingerprint density at radius 3 is 2.74 bits per heavy atom. The molecule has 0 amide bonds. The molecule has 0 spiro atoms. The largest absolute Gasteiger partial charge is 0.397 e. The van der Waals surface area contributed by atoms with Crippen LogP contribution in [-0.2, 0) is 0 Å². The molecule has 0 aliphatic carbocycles. The van der Waals surface area contributed by atoms with Crippen LogP contribution < -0.4 is 5.73 Å². The summed E-state index contributed by atoms with van der Waals surface area (Å²) in [4.78, 5) is 12.7. The molecular formula is C13H9ClN4S. The lowest BCUT2D eigenvalue weighted by Gasteiger charge is -2.05. The first kappa shape index (κ1) is 12.2. The van der Waals surface area contributed by atoms with Crippen LogP contribution in [0.2, 0.25) is 5.02 Å². The van der Waals surface area contributed by atoms with Gasteiger partial charge in [-0.05, 0) is 23.9 Å². The van der Waals surface area contributed by atoms with Gasteiger partial charge in [0.25, 0.3) is 0 Å². The number of hydrogen-bond acceptors (Lipinski definition) is 5. The fourth-order valence-corrected chi connectivity index (χ4v) is 2.79. The third-order valence-electron chi connectivity index (χ3n) is 2.53. The second kappa shape index (κ2) is 5.03. The normalized spacial score (nSPS) is 10.8. The predicted octanol–water partition coefficient (Wildman–Crippen LogP) is 3.41. The summed E-state index contributed by atoms with van der Waals surface area (Å²) in [5.41, 5.74) is 7.07. The van der Waals surface area contributed by atoms with Crippen molar-refractivity contribution in [2.24, 2.45) is 0 Å². The van der Waals surface area contributed by atoms with Gasteiger partial charge in [-0.1, -0.05) is 29.8 Å². The van der Waals surface area contributed by atoms with Gasteiger partial charge in [0.15, 0.2) is 0 Å². The quantitative estimate of drug-likeness (QED) is 0.732. The second-order valence-electron chi connectivity index (χ2n) is 3.85. The lowest BCUT2D eigenvalue weighted by atomic mass is 10.2. The minimum absolute atomic E-state index is 0.521. The first-order chi connectivity index (χ1) is 9.24. The zero-order valence-electron chi connectivity index (χ0n) is 9.75. The number of hydrogen-bond donors (Lipinski definition) is 1. The molecule has 0 saturated carbocycles. The van der Waals surface area contributed by atoms with E-state index in [1.165, 1.54) is 18.1 Å². The summed E-state index contributed by atoms with van der Waals surface area (Å²) in [5.74, 6) is 0. The van der Waals surface area contributed by atoms with Crippen molar-refractivity contribution < 1.29 is 0 Å². The van der Waals surface area contributed by atoms with Crippen molar-refractivity contribution in [3.05, 3.63) is 47.9 Å². The number of nitrogens with zero attached hydrogens (tertiary/aromatic N) is 3. The predicted molar refractivity (Wildman–Crippen MR) is 77.3 cm³/mol. The fraction of sp³-hybridized carbons (Fsp3) is 0. The lowest BCUT2D eigenvalue weighted by Crippen LogP contribution is -1.91. The van der Waals surface area contributed by atoms with Crippen molar-refractivity contribution in [3.8, 4) is 0 Å². The zero-order chi connectivity index (χ0) is 13.2. The molecule has 2 N–H and O–H groups in total. The maximum absolute atomic E-state index is 6.12. The van der Waals surface area contributed by atoms with E-state index in [9.17, 15) is 0 Å². The number of halogens is 1. The highest BCUT2D eigenvalue weighted by atomic mass is 35.5. The Labute approximate surface area is 119 Å². The van der Waals surface area contributed by atoms with Crippen LogP contribution in [0.3, 0.4) is 0 Å². The second-order valence-corrected chi connectivity index (χ2v) is 5.24. The molecule has 2 aromatic heterocycles. The fourth-order valence-electron chi connectivity index (χ4n) is 1.67. The Balaban J connectivity index is 2.06. The van der Waals surface area contributed by atoms with Crippen molar-refractivity contribution in [3.63, 3.8) is 0 Å². The van der Waals surface area contributed by atoms with Gasteiger partial charge in [0.2, 0.25) is 0 Å². The van der Waals surface area contributed by atoms with Gasteiger partial charge >= 0.3 is 0 Å². The lowest BCUT2D eigenvalue weighted by molar-refractivity contribution is 1.08. The SMILES string of the molecule is Nc1cnc(Sc2ncnc3ccccc23)c(Cl)c1. The average Bonchev–Trinajstić information content (AvgIpc) is 2.42. The molecule has 6 heteroatoms. The van der Waals surface area contributed by atoms with E-state index in [0.29, 0.717) is 15.7 Å². The maximum Gasteiger partial charge on any atom is 0.121 e. The number of benzene rings is 1. The molecule has 0 atom stereocenters. The number of nitrogen functional groups attached to an aromatic ring is 1. The summed E-state index contributed by atoms with van der Waals surface area (Å²) in [5, 5.41) is 3.00. The van der Waals surface area contributed by atoms with Crippen LogP contribution in [0.15, 0.2) is 52.9 Å². The van der Waals surface area contributed by atoms with Gasteiger partial charge in [-0.3, -0.25) is 0 Å². The van der Waals surface area contributed by atoms with E-state index in [-0.39, 0.29) is 0 Å². The summed E-state index contributed by atoms with van der Waals surface area (Å²) >= 11 is 7.53. The van der Waals surface area contributed by atoms with Gasteiger partial charge in [0.05, 0.1) is 22.4 Å². The van der Waals surface area contributed by atoms with Crippen molar-refractivity contribution in [2.45, 2.75) is 10.1 Å². The van der Waals surface area contributed by atoms with Crippen molar-refractivity contribution in [1.82, 2.24) is 15.0 Å². The van der Waals surface area contributed by atoms with Crippen LogP contribution >= 0.6 is 23.4 Å². The molecule has 3 aromatic rings. The summed E-state index contributed by atoms with van der Waals surface area (Å²) < 4.78 is 0. The van der Waals surface area contributed by atoms with Gasteiger partial charge in [-0.2, -0.15) is 0 Å². The summed E-state index contributed by atoms with van der Waals surface area (Å²) in [7, 11) is 0. The smallest absolute Gasteiger partial charge is 0.121 e. The molecule has 0 bridgehead atoms. The number of aromatic nitrogens is 3. The Morgan fingerprint density at radius 2 is 1.89 bits per heavy atom. The molecule has 1 aromatic carbocycles. The minimum Gasteiger partial charge on any atom is -0.397 e. The Hall–Kier alpha value is -1.85. The number of anilines is 1. The average molecular weight is 289 g/mol. The van der Waals surface area contributed by atoms with Crippen molar-refractivity contribution in [2.75, 3.05) is 5.73 Å². The van der Waals surface area contributed by atoms with E-state index in [1.54, 1.807) is 12.3 Å². The van der Waals surface area contributed by atoms with Gasteiger partial charge in [0.1, 0.15) is 16.4 Å². The standard InChI is InChI=1S/C13H9ClN4S/c14-10-5-8(15)6-16-13(10)19-12-9-3-1-2-4-11(9)17-7-18-12/h1-7H,15H2. The van der Waals surface area contributed by atoms with Gasteiger partial charge in [0, 0.05) is 5.39 Å². The Morgan fingerprint density at radius 1 is 1.05 bits per heavy atom. The molecule has 0 fully saturated rings. The highest BCUT2D eigenvalue weighted by molar-refractivity contribution is 7.99. The summed E-state index contributed by atoms with van der Waals surface area (Å²) in [6.07, 6.45) is 3.12. The van der Waals surface area contributed by atoms with E-state index in [2.05, 4.69) is 15.0 Å². The monoisotopic (exact) mass is 288 g/mol. The first-order valence-electron chi connectivity index (χ1n) is 5.52. The first-order valence-corrected chi connectivity index (χ1v) is 6.72. The number of nitrogens with two attached hydrogens (primary N) is 1. The topological polar surface area (TPSA) is 64.7 Å². The van der Waals surface area contributed by atoms with Gasteiger partial charge in [-0.15, -0.1) is 0 Å². The molecule has 0 radical (unpaired) electrons. The van der Waals surface area contributed by atoms with Gasteiger partial charge in [-0.25, -0.2) is 15.0 Å². The van der Waals surface area contributed by atoms with Crippen LogP contribution in [0.25, 0.3) is 10.9 Å². The molecule has 4 nitrogen and oxygen atoms in total. The third-order valence-corrected chi connectivity index (χ3v) is 3.97. The van der Waals surface area contributed by atoms with E-state index in [0.717, 1.165) is 15.9 Å². The molecule has 2 heterocycles. The van der Waals surface area contributed by atoms with Crippen LogP contribution in [0.1, 0.15) is 0 Å². The Bertz CT molecular complexity index is 742. The number of fused-ring (bicyclic) bond motifs is 1. The highest BCUT2D eigenvalue weighted by Crippen LogP contribution is 2.34. The zero-order valence-corrected chi connectivity index (χ0v) is 11.3. The maximum atomic E-state index is 6.12. The van der Waals surface area contributed by atoms with E-state index in [1.807, 2.05) is 24.3 Å². The van der Waals surface area contributed by atoms with Crippen LogP contribution in [0.5, 0.6) is 0 Å².